The number of carbonyl (C=O) groups is 2. The van der Waals surface area contributed by atoms with Gasteiger partial charge in [-0.25, -0.2) is 0 Å². The summed E-state index contributed by atoms with van der Waals surface area (Å²) in [6.07, 6.45) is 0. The number of hydrogen-bond donors (Lipinski definition) is 0. The van der Waals surface area contributed by atoms with Gasteiger partial charge in [-0.05, 0) is 12.5 Å². The standard InChI is InChI=1S/C15H12O2/c1-11-7-5-6-10-13(11)15(17)14(16)12-8-3-2-4-9-12/h2-10H,1H3. The number of aryl methyl sites for hydroxylation is 1. The average molecular weight is 224 g/mol. The van der Waals surface area contributed by atoms with Gasteiger partial charge in [0.05, 0.1) is 0 Å². The van der Waals surface area contributed by atoms with Crippen molar-refractivity contribution in [3.05, 3.63) is 71.3 Å². The van der Waals surface area contributed by atoms with Crippen LogP contribution in [0.1, 0.15) is 26.3 Å². The molecule has 0 radical (unpaired) electrons. The Morgan fingerprint density at radius 1 is 0.765 bits per heavy atom. The number of benzene rings is 2. The number of Topliss-reactive ketones (excluding diaryl/α,β-unsaturated/α-hetero) is 2. The first-order valence-corrected chi connectivity index (χ1v) is 5.40. The van der Waals surface area contributed by atoms with Crippen LogP contribution in [0.25, 0.3) is 0 Å². The smallest absolute Gasteiger partial charge is 0.233 e. The van der Waals surface area contributed by atoms with Crippen LogP contribution in [-0.4, -0.2) is 11.6 Å². The molecule has 17 heavy (non-hydrogen) atoms. The van der Waals surface area contributed by atoms with Gasteiger partial charge < -0.3 is 0 Å². The molecule has 0 atom stereocenters. The van der Waals surface area contributed by atoms with Gasteiger partial charge in [0.1, 0.15) is 0 Å². The third-order valence-electron chi connectivity index (χ3n) is 2.63. The van der Waals surface area contributed by atoms with E-state index in [-0.39, 0.29) is 0 Å². The number of ketones is 2. The first-order chi connectivity index (χ1) is 8.20. The maximum atomic E-state index is 12.0. The first-order valence-electron chi connectivity index (χ1n) is 5.40. The zero-order valence-electron chi connectivity index (χ0n) is 9.51. The molecular weight excluding hydrogens is 212 g/mol. The van der Waals surface area contributed by atoms with E-state index < -0.39 is 11.6 Å². The van der Waals surface area contributed by atoms with E-state index in [9.17, 15) is 9.59 Å². The molecule has 0 aliphatic carbocycles. The Hall–Kier alpha value is -2.22. The summed E-state index contributed by atoms with van der Waals surface area (Å²) in [4.78, 5) is 24.0. The summed E-state index contributed by atoms with van der Waals surface area (Å²) in [5, 5.41) is 0. The van der Waals surface area contributed by atoms with Crippen LogP contribution < -0.4 is 0 Å². The summed E-state index contributed by atoms with van der Waals surface area (Å²) in [5.74, 6) is -0.908. The van der Waals surface area contributed by atoms with Crippen LogP contribution in [0.15, 0.2) is 54.6 Å². The highest BCUT2D eigenvalue weighted by molar-refractivity contribution is 6.49. The van der Waals surface area contributed by atoms with Crippen LogP contribution in [0, 0.1) is 6.92 Å². The van der Waals surface area contributed by atoms with Crippen LogP contribution >= 0.6 is 0 Å². The topological polar surface area (TPSA) is 34.1 Å². The lowest BCUT2D eigenvalue weighted by Gasteiger charge is -2.03. The van der Waals surface area contributed by atoms with Gasteiger partial charge >= 0.3 is 0 Å². The Morgan fingerprint density at radius 2 is 1.35 bits per heavy atom. The molecule has 2 aromatic carbocycles. The molecule has 0 aliphatic rings. The maximum Gasteiger partial charge on any atom is 0.233 e. The molecule has 2 aromatic rings. The molecule has 0 spiro atoms. The molecule has 0 aromatic heterocycles. The average Bonchev–Trinajstić information content (AvgIpc) is 2.39. The van der Waals surface area contributed by atoms with E-state index in [0.29, 0.717) is 11.1 Å². The summed E-state index contributed by atoms with van der Waals surface area (Å²) in [7, 11) is 0. The van der Waals surface area contributed by atoms with Gasteiger partial charge in [-0.3, -0.25) is 9.59 Å². The largest absolute Gasteiger partial charge is 0.285 e. The molecule has 2 nitrogen and oxygen atoms in total. The Balaban J connectivity index is 2.34. The van der Waals surface area contributed by atoms with Crippen molar-refractivity contribution in [3.63, 3.8) is 0 Å². The Labute approximate surface area is 99.9 Å². The molecule has 0 saturated carbocycles. The lowest BCUT2D eigenvalue weighted by molar-refractivity contribution is 0.0816. The fraction of sp³-hybridized carbons (Fsp3) is 0.0667. The minimum atomic E-state index is -0.458. The Kier molecular flexibility index (Phi) is 3.15. The molecule has 0 bridgehead atoms. The summed E-state index contributed by atoms with van der Waals surface area (Å²) < 4.78 is 0. The predicted molar refractivity (Wildman–Crippen MR) is 66.3 cm³/mol. The van der Waals surface area contributed by atoms with Crippen molar-refractivity contribution in [3.8, 4) is 0 Å². The highest BCUT2D eigenvalue weighted by atomic mass is 16.2. The highest BCUT2D eigenvalue weighted by Crippen LogP contribution is 2.11. The first kappa shape index (κ1) is 11.3. The van der Waals surface area contributed by atoms with Crippen LogP contribution in [0.4, 0.5) is 0 Å². The minimum Gasteiger partial charge on any atom is -0.285 e. The normalized spacial score (nSPS) is 9.94. The van der Waals surface area contributed by atoms with Gasteiger partial charge in [0.25, 0.3) is 0 Å². The van der Waals surface area contributed by atoms with E-state index in [4.69, 9.17) is 0 Å². The van der Waals surface area contributed by atoms with Crippen molar-refractivity contribution in [2.75, 3.05) is 0 Å². The fourth-order valence-electron chi connectivity index (χ4n) is 1.67. The second-order valence-corrected chi connectivity index (χ2v) is 3.84. The van der Waals surface area contributed by atoms with Crippen molar-refractivity contribution in [2.45, 2.75) is 6.92 Å². The molecule has 0 heterocycles. The molecule has 0 fully saturated rings. The molecule has 2 rings (SSSR count). The van der Waals surface area contributed by atoms with Crippen LogP contribution in [-0.2, 0) is 0 Å². The van der Waals surface area contributed by atoms with E-state index in [1.54, 1.807) is 36.4 Å². The summed E-state index contributed by atoms with van der Waals surface area (Å²) in [6, 6.07) is 15.7. The Bertz CT molecular complexity index is 556. The monoisotopic (exact) mass is 224 g/mol. The molecule has 2 heteroatoms. The third-order valence-corrected chi connectivity index (χ3v) is 2.63. The molecule has 0 saturated heterocycles. The van der Waals surface area contributed by atoms with Crippen LogP contribution in [0.2, 0.25) is 0 Å². The number of hydrogen-bond acceptors (Lipinski definition) is 2. The fourth-order valence-corrected chi connectivity index (χ4v) is 1.67. The molecule has 0 aliphatic heterocycles. The van der Waals surface area contributed by atoms with Gasteiger partial charge in [-0.2, -0.15) is 0 Å². The van der Waals surface area contributed by atoms with Crippen molar-refractivity contribution in [1.82, 2.24) is 0 Å². The van der Waals surface area contributed by atoms with Crippen molar-refractivity contribution >= 4 is 11.6 Å². The van der Waals surface area contributed by atoms with Gasteiger partial charge in [-0.1, -0.05) is 54.6 Å². The van der Waals surface area contributed by atoms with E-state index in [0.717, 1.165) is 5.56 Å². The van der Waals surface area contributed by atoms with E-state index >= 15 is 0 Å². The lowest BCUT2D eigenvalue weighted by Crippen LogP contribution is -2.15. The van der Waals surface area contributed by atoms with E-state index in [1.165, 1.54) is 0 Å². The van der Waals surface area contributed by atoms with E-state index in [1.807, 2.05) is 25.1 Å². The number of rotatable bonds is 3. The summed E-state index contributed by atoms with van der Waals surface area (Å²) in [5.41, 5.74) is 1.73. The quantitative estimate of drug-likeness (QED) is 0.593. The SMILES string of the molecule is Cc1ccccc1C(=O)C(=O)c1ccccc1. The van der Waals surface area contributed by atoms with Gasteiger partial charge in [-0.15, -0.1) is 0 Å². The van der Waals surface area contributed by atoms with Crippen LogP contribution in [0.3, 0.4) is 0 Å². The molecule has 0 unspecified atom stereocenters. The highest BCUT2D eigenvalue weighted by Gasteiger charge is 2.18. The van der Waals surface area contributed by atoms with Crippen molar-refractivity contribution in [2.24, 2.45) is 0 Å². The van der Waals surface area contributed by atoms with Gasteiger partial charge in [0.2, 0.25) is 11.6 Å². The molecule has 0 N–H and O–H groups in total. The second kappa shape index (κ2) is 4.74. The molecule has 84 valence electrons. The Morgan fingerprint density at radius 3 is 2.00 bits per heavy atom. The summed E-state index contributed by atoms with van der Waals surface area (Å²) >= 11 is 0. The second-order valence-electron chi connectivity index (χ2n) is 3.84. The zero-order valence-corrected chi connectivity index (χ0v) is 9.51. The van der Waals surface area contributed by atoms with Crippen molar-refractivity contribution in [1.29, 1.82) is 0 Å². The maximum absolute atomic E-state index is 12.0. The summed E-state index contributed by atoms with van der Waals surface area (Å²) in [6.45, 7) is 1.82. The molecule has 0 amide bonds. The molecular formula is C15H12O2. The van der Waals surface area contributed by atoms with E-state index in [2.05, 4.69) is 0 Å². The van der Waals surface area contributed by atoms with Crippen molar-refractivity contribution < 1.29 is 9.59 Å². The lowest BCUT2D eigenvalue weighted by atomic mass is 9.98. The predicted octanol–water partition coefficient (Wildman–Crippen LogP) is 3.06. The van der Waals surface area contributed by atoms with Gasteiger partial charge in [0.15, 0.2) is 0 Å². The minimum absolute atomic E-state index is 0.431. The van der Waals surface area contributed by atoms with Crippen LogP contribution in [0.5, 0.6) is 0 Å². The zero-order chi connectivity index (χ0) is 12.3. The number of carbonyl (C=O) groups excluding carboxylic acids is 2. The van der Waals surface area contributed by atoms with Gasteiger partial charge in [0, 0.05) is 11.1 Å². The third kappa shape index (κ3) is 2.31.